The average molecular weight is 386 g/mol. The topological polar surface area (TPSA) is 54.3 Å². The molecular weight excluding hydrogens is 367 g/mol. The zero-order chi connectivity index (χ0) is 20.2. The number of fused-ring (bicyclic) bond motifs is 1. The number of nitrogens with zero attached hydrogens (tertiary/aromatic N) is 1. The fourth-order valence-corrected chi connectivity index (χ4v) is 3.25. The summed E-state index contributed by atoms with van der Waals surface area (Å²) in [5.41, 5.74) is 3.35. The molecule has 1 aromatic heterocycles. The van der Waals surface area contributed by atoms with Crippen molar-refractivity contribution in [2.24, 2.45) is 0 Å². The fraction of sp³-hybridized carbons (Fsp3) is 0.0417. The third-order valence-electron chi connectivity index (χ3n) is 4.64. The van der Waals surface area contributed by atoms with Gasteiger partial charge in [0.1, 0.15) is 0 Å². The Morgan fingerprint density at radius 2 is 1.86 bits per heavy atom. The predicted molar refractivity (Wildman–Crippen MR) is 113 cm³/mol. The number of aromatic hydroxyl groups is 1. The van der Waals surface area contributed by atoms with Gasteiger partial charge in [0.2, 0.25) is 5.91 Å². The van der Waals surface area contributed by atoms with E-state index in [-0.39, 0.29) is 5.91 Å². The van der Waals surface area contributed by atoms with Crippen LogP contribution in [0.1, 0.15) is 11.1 Å². The average Bonchev–Trinajstić information content (AvgIpc) is 3.13. The first-order chi connectivity index (χ1) is 14.1. The van der Waals surface area contributed by atoms with E-state index in [1.54, 1.807) is 0 Å². The Morgan fingerprint density at radius 1 is 1.03 bits per heavy atom. The van der Waals surface area contributed by atoms with Crippen LogP contribution >= 0.6 is 0 Å². The van der Waals surface area contributed by atoms with Crippen LogP contribution in [0.2, 0.25) is 0 Å². The molecule has 0 unspecified atom stereocenters. The Labute approximate surface area is 167 Å². The summed E-state index contributed by atoms with van der Waals surface area (Å²) in [4.78, 5) is 12.4. The number of hydrogen-bond acceptors (Lipinski definition) is 2. The molecule has 1 amide bonds. The predicted octanol–water partition coefficient (Wildman–Crippen LogP) is 5.19. The minimum absolute atomic E-state index is 0.311. The lowest BCUT2D eigenvalue weighted by molar-refractivity contribution is -0.111. The van der Waals surface area contributed by atoms with Gasteiger partial charge in [-0.05, 0) is 41.5 Å². The molecule has 5 heteroatoms. The summed E-state index contributed by atoms with van der Waals surface area (Å²) in [6.45, 7) is 0.696. The Morgan fingerprint density at radius 3 is 2.66 bits per heavy atom. The lowest BCUT2D eigenvalue weighted by Crippen LogP contribution is -2.09. The summed E-state index contributed by atoms with van der Waals surface area (Å²) in [5.74, 6) is -1.46. The zero-order valence-electron chi connectivity index (χ0n) is 15.5. The largest absolute Gasteiger partial charge is 0.505 e. The maximum absolute atomic E-state index is 13.1. The number of phenolic OH excluding ortho intramolecular Hbond substituents is 1. The van der Waals surface area contributed by atoms with Crippen molar-refractivity contribution in [2.45, 2.75) is 6.54 Å². The Kier molecular flexibility index (Phi) is 5.12. The van der Waals surface area contributed by atoms with Crippen molar-refractivity contribution < 1.29 is 14.3 Å². The van der Waals surface area contributed by atoms with Crippen LogP contribution in [-0.4, -0.2) is 15.6 Å². The van der Waals surface area contributed by atoms with Gasteiger partial charge < -0.3 is 15.0 Å². The number of anilines is 1. The monoisotopic (exact) mass is 386 g/mol. The number of amides is 1. The molecule has 0 bridgehead atoms. The number of rotatable bonds is 5. The fourth-order valence-electron chi connectivity index (χ4n) is 3.25. The quantitative estimate of drug-likeness (QED) is 0.464. The molecule has 0 saturated heterocycles. The van der Waals surface area contributed by atoms with Crippen LogP contribution in [-0.2, 0) is 11.3 Å². The highest BCUT2D eigenvalue weighted by Gasteiger charge is 2.09. The number of benzene rings is 3. The van der Waals surface area contributed by atoms with Crippen LogP contribution in [0.25, 0.3) is 17.0 Å². The number of nitrogens with one attached hydrogen (secondary N) is 1. The van der Waals surface area contributed by atoms with Gasteiger partial charge in [-0.25, -0.2) is 4.39 Å². The van der Waals surface area contributed by atoms with Gasteiger partial charge in [0.15, 0.2) is 11.6 Å². The molecule has 144 valence electrons. The molecule has 0 spiro atoms. The molecule has 0 saturated carbocycles. The van der Waals surface area contributed by atoms with E-state index < -0.39 is 11.6 Å². The molecule has 0 aliphatic rings. The van der Waals surface area contributed by atoms with E-state index >= 15 is 0 Å². The van der Waals surface area contributed by atoms with Gasteiger partial charge in [0, 0.05) is 24.2 Å². The van der Waals surface area contributed by atoms with E-state index in [4.69, 9.17) is 0 Å². The summed E-state index contributed by atoms with van der Waals surface area (Å²) >= 11 is 0. The van der Waals surface area contributed by atoms with Crippen LogP contribution in [0.5, 0.6) is 5.75 Å². The van der Waals surface area contributed by atoms with Crippen molar-refractivity contribution in [2.75, 3.05) is 5.32 Å². The molecule has 2 N–H and O–H groups in total. The molecule has 0 aliphatic carbocycles. The highest BCUT2D eigenvalue weighted by molar-refractivity contribution is 6.06. The first kappa shape index (κ1) is 18.5. The van der Waals surface area contributed by atoms with Crippen LogP contribution in [0, 0.1) is 5.82 Å². The Balaban J connectivity index is 1.57. The normalized spacial score (nSPS) is 11.2. The van der Waals surface area contributed by atoms with Gasteiger partial charge in [-0.2, -0.15) is 0 Å². The van der Waals surface area contributed by atoms with E-state index in [0.29, 0.717) is 17.8 Å². The number of hydrogen-bond donors (Lipinski definition) is 2. The van der Waals surface area contributed by atoms with E-state index in [0.717, 1.165) is 17.0 Å². The van der Waals surface area contributed by atoms with Crippen LogP contribution in [0.3, 0.4) is 0 Å². The van der Waals surface area contributed by atoms with Gasteiger partial charge in [0.05, 0.1) is 11.2 Å². The molecule has 0 aliphatic heterocycles. The maximum atomic E-state index is 13.1. The third kappa shape index (κ3) is 4.19. The Hall–Kier alpha value is -3.86. The highest BCUT2D eigenvalue weighted by atomic mass is 19.1. The number of carbonyl (C=O) groups is 1. The first-order valence-corrected chi connectivity index (χ1v) is 9.19. The van der Waals surface area contributed by atoms with Gasteiger partial charge >= 0.3 is 0 Å². The van der Waals surface area contributed by atoms with E-state index in [2.05, 4.69) is 22.0 Å². The number of para-hydroxylation sites is 1. The number of aromatic nitrogens is 1. The van der Waals surface area contributed by atoms with Crippen molar-refractivity contribution in [3.05, 3.63) is 102 Å². The summed E-state index contributed by atoms with van der Waals surface area (Å²) in [5, 5.41) is 13.4. The second-order valence-electron chi connectivity index (χ2n) is 6.71. The molecule has 4 aromatic rings. The molecule has 0 fully saturated rings. The molecule has 1 heterocycles. The van der Waals surface area contributed by atoms with Crippen molar-refractivity contribution in [1.29, 1.82) is 0 Å². The minimum atomic E-state index is -0.697. The smallest absolute Gasteiger partial charge is 0.248 e. The van der Waals surface area contributed by atoms with E-state index in [1.807, 2.05) is 48.7 Å². The van der Waals surface area contributed by atoms with Crippen molar-refractivity contribution >= 4 is 28.6 Å². The standard InChI is InChI=1S/C24H19FN2O2/c25-20-11-9-17(15-22(20)28)10-12-23(29)26-21-8-4-7-19-13-14-27(24(19)21)16-18-5-2-1-3-6-18/h1-15,28H,16H2,(H,26,29). The highest BCUT2D eigenvalue weighted by Crippen LogP contribution is 2.26. The lowest BCUT2D eigenvalue weighted by atomic mass is 10.2. The third-order valence-corrected chi connectivity index (χ3v) is 4.64. The van der Waals surface area contributed by atoms with Crippen LogP contribution in [0.15, 0.2) is 85.1 Å². The molecule has 0 atom stereocenters. The summed E-state index contributed by atoms with van der Waals surface area (Å²) in [6.07, 6.45) is 4.89. The summed E-state index contributed by atoms with van der Waals surface area (Å²) in [7, 11) is 0. The molecular formula is C24H19FN2O2. The van der Waals surface area contributed by atoms with Gasteiger partial charge in [-0.15, -0.1) is 0 Å². The van der Waals surface area contributed by atoms with Gasteiger partial charge in [0.25, 0.3) is 0 Å². The summed E-state index contributed by atoms with van der Waals surface area (Å²) < 4.78 is 15.2. The van der Waals surface area contributed by atoms with Crippen LogP contribution < -0.4 is 5.32 Å². The maximum Gasteiger partial charge on any atom is 0.248 e. The lowest BCUT2D eigenvalue weighted by Gasteiger charge is -2.10. The molecule has 4 nitrogen and oxygen atoms in total. The second-order valence-corrected chi connectivity index (χ2v) is 6.71. The van der Waals surface area contributed by atoms with Gasteiger partial charge in [-0.1, -0.05) is 48.5 Å². The minimum Gasteiger partial charge on any atom is -0.505 e. The van der Waals surface area contributed by atoms with Gasteiger partial charge in [-0.3, -0.25) is 4.79 Å². The number of halogens is 1. The van der Waals surface area contributed by atoms with E-state index in [1.165, 1.54) is 29.8 Å². The molecule has 3 aromatic carbocycles. The first-order valence-electron chi connectivity index (χ1n) is 9.19. The summed E-state index contributed by atoms with van der Waals surface area (Å²) in [6, 6.07) is 21.8. The Bertz CT molecular complexity index is 1200. The molecule has 0 radical (unpaired) electrons. The molecule has 4 rings (SSSR count). The zero-order valence-corrected chi connectivity index (χ0v) is 15.5. The number of phenols is 1. The van der Waals surface area contributed by atoms with Crippen LogP contribution in [0.4, 0.5) is 10.1 Å². The van der Waals surface area contributed by atoms with Crippen molar-refractivity contribution in [1.82, 2.24) is 4.57 Å². The molecule has 29 heavy (non-hydrogen) atoms. The second kappa shape index (κ2) is 8.02. The van der Waals surface area contributed by atoms with E-state index in [9.17, 15) is 14.3 Å². The van der Waals surface area contributed by atoms with Crippen molar-refractivity contribution in [3.8, 4) is 5.75 Å². The number of carbonyl (C=O) groups excluding carboxylic acids is 1. The van der Waals surface area contributed by atoms with Crippen molar-refractivity contribution in [3.63, 3.8) is 0 Å². The SMILES string of the molecule is O=C(C=Cc1ccc(F)c(O)c1)Nc1cccc2ccn(Cc3ccccc3)c12.